The molecule has 0 atom stereocenters. The zero-order valence-electron chi connectivity index (χ0n) is 13.4. The number of carbonyl (C=O) groups is 1. The number of para-hydroxylation sites is 2. The van der Waals surface area contributed by atoms with E-state index in [1.54, 1.807) is 36.4 Å². The second-order valence-corrected chi connectivity index (χ2v) is 5.70. The molecule has 0 spiro atoms. The Balaban J connectivity index is 1.77. The number of hydrogen-bond acceptors (Lipinski definition) is 4. The van der Waals surface area contributed by atoms with E-state index in [1.807, 2.05) is 18.2 Å². The van der Waals surface area contributed by atoms with Crippen LogP contribution >= 0.6 is 11.6 Å². The van der Waals surface area contributed by atoms with E-state index in [2.05, 4.69) is 5.32 Å². The Morgan fingerprint density at radius 1 is 0.962 bits per heavy atom. The molecule has 1 N–H and O–H groups in total. The maximum Gasteiger partial charge on any atom is 0.313 e. The zero-order chi connectivity index (χ0) is 18.5. The first-order valence-corrected chi connectivity index (χ1v) is 7.99. The lowest BCUT2D eigenvalue weighted by molar-refractivity contribution is -0.385. The van der Waals surface area contributed by atoms with Crippen molar-refractivity contribution in [3.05, 3.63) is 93.5 Å². The average Bonchev–Trinajstić information content (AvgIpc) is 2.64. The Morgan fingerprint density at radius 3 is 2.31 bits per heavy atom. The summed E-state index contributed by atoms with van der Waals surface area (Å²) in [5.74, 6) is 0.0181. The van der Waals surface area contributed by atoms with Gasteiger partial charge in [-0.2, -0.15) is 0 Å². The van der Waals surface area contributed by atoms with E-state index in [9.17, 15) is 14.9 Å². The highest BCUT2D eigenvalue weighted by Gasteiger charge is 2.19. The molecule has 130 valence electrons. The summed E-state index contributed by atoms with van der Waals surface area (Å²) in [5, 5.41) is 14.0. The number of benzene rings is 3. The molecule has 0 aliphatic rings. The van der Waals surface area contributed by atoms with Crippen molar-refractivity contribution in [3.8, 4) is 11.5 Å². The van der Waals surface area contributed by atoms with Crippen LogP contribution in [0.15, 0.2) is 72.8 Å². The van der Waals surface area contributed by atoms with Gasteiger partial charge in [-0.05, 0) is 42.5 Å². The minimum Gasteiger partial charge on any atom is -0.449 e. The molecule has 1 amide bonds. The van der Waals surface area contributed by atoms with Gasteiger partial charge in [-0.15, -0.1) is 0 Å². The Hall–Kier alpha value is -3.38. The third-order valence-electron chi connectivity index (χ3n) is 3.51. The molecule has 0 aliphatic heterocycles. The average molecular weight is 369 g/mol. The highest BCUT2D eigenvalue weighted by molar-refractivity contribution is 6.32. The van der Waals surface area contributed by atoms with Crippen LogP contribution in [-0.4, -0.2) is 10.8 Å². The molecule has 0 fully saturated rings. The van der Waals surface area contributed by atoms with Gasteiger partial charge >= 0.3 is 5.69 Å². The summed E-state index contributed by atoms with van der Waals surface area (Å²) in [6.45, 7) is 0. The van der Waals surface area contributed by atoms with Crippen LogP contribution in [-0.2, 0) is 0 Å². The van der Waals surface area contributed by atoms with E-state index in [4.69, 9.17) is 16.3 Å². The number of halogens is 1. The van der Waals surface area contributed by atoms with Crippen molar-refractivity contribution in [1.29, 1.82) is 0 Å². The molecule has 0 radical (unpaired) electrons. The lowest BCUT2D eigenvalue weighted by Gasteiger charge is -2.09. The van der Waals surface area contributed by atoms with Crippen LogP contribution in [0.25, 0.3) is 0 Å². The fourth-order valence-corrected chi connectivity index (χ4v) is 2.47. The summed E-state index contributed by atoms with van der Waals surface area (Å²) < 4.78 is 5.55. The molecule has 3 aromatic carbocycles. The highest BCUT2D eigenvalue weighted by atomic mass is 35.5. The predicted molar refractivity (Wildman–Crippen MR) is 99.0 cm³/mol. The van der Waals surface area contributed by atoms with Crippen molar-refractivity contribution in [1.82, 2.24) is 0 Å². The third-order valence-corrected chi connectivity index (χ3v) is 3.81. The topological polar surface area (TPSA) is 81.5 Å². The normalized spacial score (nSPS) is 10.2. The van der Waals surface area contributed by atoms with E-state index >= 15 is 0 Å². The van der Waals surface area contributed by atoms with Gasteiger partial charge in [0, 0.05) is 17.3 Å². The van der Waals surface area contributed by atoms with Gasteiger partial charge in [0.25, 0.3) is 5.91 Å². The van der Waals surface area contributed by atoms with Crippen molar-refractivity contribution < 1.29 is 14.5 Å². The van der Waals surface area contributed by atoms with E-state index < -0.39 is 4.92 Å². The van der Waals surface area contributed by atoms with Gasteiger partial charge in [0.1, 0.15) is 5.75 Å². The van der Waals surface area contributed by atoms with Crippen molar-refractivity contribution in [2.45, 2.75) is 0 Å². The number of ether oxygens (including phenoxy) is 1. The van der Waals surface area contributed by atoms with Gasteiger partial charge in [-0.3, -0.25) is 14.9 Å². The summed E-state index contributed by atoms with van der Waals surface area (Å²) in [7, 11) is 0. The number of nitrogens with one attached hydrogen (secondary N) is 1. The number of nitro benzene ring substituents is 1. The molecule has 7 heteroatoms. The predicted octanol–water partition coefficient (Wildman–Crippen LogP) is 5.29. The van der Waals surface area contributed by atoms with E-state index in [0.717, 1.165) is 0 Å². The van der Waals surface area contributed by atoms with Crippen molar-refractivity contribution in [3.63, 3.8) is 0 Å². The van der Waals surface area contributed by atoms with Gasteiger partial charge in [0.2, 0.25) is 5.75 Å². The fourth-order valence-electron chi connectivity index (χ4n) is 2.26. The van der Waals surface area contributed by atoms with Crippen LogP contribution in [0.1, 0.15) is 10.4 Å². The SMILES string of the molecule is O=C(Nc1ccccc1)c1ccc(Oc2c(Cl)cccc2[N+](=O)[O-])cc1. The molecule has 0 bridgehead atoms. The molecule has 26 heavy (non-hydrogen) atoms. The molecule has 0 unspecified atom stereocenters. The fraction of sp³-hybridized carbons (Fsp3) is 0. The lowest BCUT2D eigenvalue weighted by atomic mass is 10.2. The molecule has 3 rings (SSSR count). The van der Waals surface area contributed by atoms with Gasteiger partial charge < -0.3 is 10.1 Å². The van der Waals surface area contributed by atoms with Crippen LogP contribution in [0, 0.1) is 10.1 Å². The quantitative estimate of drug-likeness (QED) is 0.489. The first-order chi connectivity index (χ1) is 12.5. The number of anilines is 1. The van der Waals surface area contributed by atoms with Crippen LogP contribution < -0.4 is 10.1 Å². The monoisotopic (exact) mass is 368 g/mol. The van der Waals surface area contributed by atoms with Crippen molar-refractivity contribution in [2.75, 3.05) is 5.32 Å². The zero-order valence-corrected chi connectivity index (χ0v) is 14.1. The van der Waals surface area contributed by atoms with E-state index in [1.165, 1.54) is 18.2 Å². The molecule has 0 heterocycles. The minimum absolute atomic E-state index is 0.0411. The summed E-state index contributed by atoms with van der Waals surface area (Å²) in [4.78, 5) is 22.7. The smallest absolute Gasteiger partial charge is 0.313 e. The second kappa shape index (κ2) is 7.67. The maximum absolute atomic E-state index is 12.2. The Bertz CT molecular complexity index is 944. The van der Waals surface area contributed by atoms with Crippen LogP contribution in [0.4, 0.5) is 11.4 Å². The summed E-state index contributed by atoms with van der Waals surface area (Å²) in [6, 6.07) is 19.6. The Labute approximate surface area is 154 Å². The van der Waals surface area contributed by atoms with E-state index in [0.29, 0.717) is 17.0 Å². The third kappa shape index (κ3) is 3.99. The molecule has 0 aliphatic carbocycles. The van der Waals surface area contributed by atoms with Crippen LogP contribution in [0.2, 0.25) is 5.02 Å². The second-order valence-electron chi connectivity index (χ2n) is 5.29. The molecule has 6 nitrogen and oxygen atoms in total. The standard InChI is InChI=1S/C19H13ClN2O4/c20-16-7-4-8-17(22(24)25)18(16)26-15-11-9-13(10-12-15)19(23)21-14-5-2-1-3-6-14/h1-12H,(H,21,23). The van der Waals surface area contributed by atoms with E-state index in [-0.39, 0.29) is 22.4 Å². The number of carbonyl (C=O) groups excluding carboxylic acids is 1. The van der Waals surface area contributed by atoms with Gasteiger partial charge in [0.15, 0.2) is 0 Å². The number of rotatable bonds is 5. The number of nitrogens with zero attached hydrogens (tertiary/aromatic N) is 1. The van der Waals surface area contributed by atoms with Gasteiger partial charge in [-0.25, -0.2) is 0 Å². The summed E-state index contributed by atoms with van der Waals surface area (Å²) in [5.41, 5.74) is 0.878. The highest BCUT2D eigenvalue weighted by Crippen LogP contribution is 2.37. The Kier molecular flexibility index (Phi) is 5.15. The number of nitro groups is 1. The minimum atomic E-state index is -0.567. The molecule has 0 saturated carbocycles. The first kappa shape index (κ1) is 17.4. The van der Waals surface area contributed by atoms with Gasteiger partial charge in [0.05, 0.1) is 9.95 Å². The Morgan fingerprint density at radius 2 is 1.65 bits per heavy atom. The number of hydrogen-bond donors (Lipinski definition) is 1. The summed E-state index contributed by atoms with van der Waals surface area (Å²) in [6.07, 6.45) is 0. The summed E-state index contributed by atoms with van der Waals surface area (Å²) >= 11 is 6.00. The molecule has 3 aromatic rings. The first-order valence-electron chi connectivity index (χ1n) is 7.62. The van der Waals surface area contributed by atoms with Crippen molar-refractivity contribution in [2.24, 2.45) is 0 Å². The lowest BCUT2D eigenvalue weighted by Crippen LogP contribution is -2.11. The van der Waals surface area contributed by atoms with Crippen LogP contribution in [0.5, 0.6) is 11.5 Å². The number of amides is 1. The molecule has 0 aromatic heterocycles. The van der Waals surface area contributed by atoms with Crippen molar-refractivity contribution >= 4 is 28.9 Å². The maximum atomic E-state index is 12.2. The van der Waals surface area contributed by atoms with Gasteiger partial charge in [-0.1, -0.05) is 35.9 Å². The molecule has 0 saturated heterocycles. The molecular formula is C19H13ClN2O4. The molecular weight excluding hydrogens is 356 g/mol. The largest absolute Gasteiger partial charge is 0.449 e. The van der Waals surface area contributed by atoms with Crippen LogP contribution in [0.3, 0.4) is 0 Å².